The van der Waals surface area contributed by atoms with Gasteiger partial charge in [0.15, 0.2) is 0 Å². The summed E-state index contributed by atoms with van der Waals surface area (Å²) in [5.41, 5.74) is 11.4. The highest BCUT2D eigenvalue weighted by Crippen LogP contribution is 2.41. The Hall–Kier alpha value is -4.02. The van der Waals surface area contributed by atoms with Gasteiger partial charge in [-0.25, -0.2) is 14.4 Å². The van der Waals surface area contributed by atoms with E-state index in [0.29, 0.717) is 36.2 Å². The molecule has 1 aromatic carbocycles. The van der Waals surface area contributed by atoms with Crippen molar-refractivity contribution < 1.29 is 29.3 Å². The largest absolute Gasteiger partial charge is 0.481 e. The summed E-state index contributed by atoms with van der Waals surface area (Å²) in [5.74, 6) is -2.35. The predicted molar refractivity (Wildman–Crippen MR) is 143 cm³/mol. The molecule has 5 N–H and O–H groups in total. The molecule has 10 heteroatoms. The van der Waals surface area contributed by atoms with E-state index >= 15 is 0 Å². The second kappa shape index (κ2) is 11.8. The van der Waals surface area contributed by atoms with Gasteiger partial charge in [0.25, 0.3) is 5.91 Å². The molecule has 0 bridgehead atoms. The Balaban J connectivity index is 1.92. The maximum absolute atomic E-state index is 13.9. The molecule has 0 unspecified atom stereocenters. The minimum absolute atomic E-state index is 0.0543. The average Bonchev–Trinajstić information content (AvgIpc) is 3.05. The van der Waals surface area contributed by atoms with Crippen molar-refractivity contribution in [3.05, 3.63) is 70.7 Å². The predicted octanol–water partition coefficient (Wildman–Crippen LogP) is 3.66. The number of rotatable bonds is 9. The molecular formula is C29H31FN4O5. The van der Waals surface area contributed by atoms with Crippen LogP contribution in [0.25, 0.3) is 28.5 Å². The van der Waals surface area contributed by atoms with E-state index in [1.165, 1.54) is 18.2 Å². The number of halogens is 1. The fraction of sp³-hybridized carbons (Fsp3) is 0.345. The minimum atomic E-state index is -1.20. The zero-order valence-electron chi connectivity index (χ0n) is 21.8. The number of aliphatic hydroxyl groups is 2. The van der Waals surface area contributed by atoms with Gasteiger partial charge in [-0.3, -0.25) is 14.6 Å². The van der Waals surface area contributed by atoms with Crippen LogP contribution in [0.1, 0.15) is 72.2 Å². The number of amides is 1. The highest BCUT2D eigenvalue weighted by Gasteiger charge is 2.27. The number of hydrogen-bond acceptors (Lipinski definition) is 7. The lowest BCUT2D eigenvalue weighted by atomic mass is 9.87. The Labute approximate surface area is 225 Å². The molecule has 2 atom stereocenters. The van der Waals surface area contributed by atoms with Gasteiger partial charge in [-0.1, -0.05) is 38.1 Å². The fourth-order valence-electron chi connectivity index (χ4n) is 4.88. The number of nitrogens with two attached hydrogens (primary N) is 1. The SMILES string of the molecule is CC(C)c1nc2c(c(-c3ccc(F)cc3)c1C=C[C@@H](O)C[C@@H](O)CC(=O)O)CCCc1nc(C(N)=O)ncc1-2. The molecule has 2 heterocycles. The Bertz CT molecular complexity index is 1420. The third-order valence-electron chi connectivity index (χ3n) is 6.64. The normalized spacial score (nSPS) is 14.5. The van der Waals surface area contributed by atoms with Crippen molar-refractivity contribution in [2.75, 3.05) is 0 Å². The Morgan fingerprint density at radius 1 is 1.13 bits per heavy atom. The number of carboxylic acid groups (broad SMARTS) is 1. The van der Waals surface area contributed by atoms with E-state index in [2.05, 4.69) is 9.97 Å². The van der Waals surface area contributed by atoms with E-state index < -0.39 is 30.5 Å². The van der Waals surface area contributed by atoms with Gasteiger partial charge in [0, 0.05) is 23.7 Å². The first-order valence-electron chi connectivity index (χ1n) is 12.8. The van der Waals surface area contributed by atoms with Crippen LogP contribution in [-0.4, -0.2) is 54.4 Å². The summed E-state index contributed by atoms with van der Waals surface area (Å²) in [6.07, 6.45) is 3.82. The standard InChI is InChI=1S/C29H31FN4O5/c1-15(2)26-21(11-10-18(35)12-19(36)13-24(37)38)25(16-6-8-17(30)9-7-16)20-4-3-5-23-22(27(20)34-26)14-32-29(33-23)28(31)39/h6-11,14-15,18-19,35-36H,3-5,12-13H2,1-2H3,(H2,31,39)(H,37,38)/t18-,19-/m1/s1. The summed E-state index contributed by atoms with van der Waals surface area (Å²) in [6, 6.07) is 6.15. The number of pyridine rings is 1. The van der Waals surface area contributed by atoms with Crippen LogP contribution in [0, 0.1) is 5.82 Å². The van der Waals surface area contributed by atoms with E-state index in [4.69, 9.17) is 15.8 Å². The van der Waals surface area contributed by atoms with E-state index in [9.17, 15) is 24.2 Å². The first kappa shape index (κ1) is 28.0. The second-order valence-corrected chi connectivity index (χ2v) is 9.96. The lowest BCUT2D eigenvalue weighted by molar-refractivity contribution is -0.139. The van der Waals surface area contributed by atoms with Gasteiger partial charge in [-0.2, -0.15) is 0 Å². The Morgan fingerprint density at radius 3 is 2.49 bits per heavy atom. The number of hydrogen-bond donors (Lipinski definition) is 4. The zero-order valence-corrected chi connectivity index (χ0v) is 21.8. The quantitative estimate of drug-likeness (QED) is 0.324. The Morgan fingerprint density at radius 2 is 1.85 bits per heavy atom. The summed E-state index contributed by atoms with van der Waals surface area (Å²) >= 11 is 0. The molecule has 4 rings (SSSR count). The molecule has 1 amide bonds. The van der Waals surface area contributed by atoms with Crippen LogP contribution in [0.3, 0.4) is 0 Å². The summed E-state index contributed by atoms with van der Waals surface area (Å²) in [7, 11) is 0. The van der Waals surface area contributed by atoms with Crippen molar-refractivity contribution in [3.8, 4) is 22.4 Å². The van der Waals surface area contributed by atoms with Crippen molar-refractivity contribution in [1.82, 2.24) is 15.0 Å². The van der Waals surface area contributed by atoms with Crippen molar-refractivity contribution in [1.29, 1.82) is 0 Å². The summed E-state index contributed by atoms with van der Waals surface area (Å²) in [5, 5.41) is 29.4. The summed E-state index contributed by atoms with van der Waals surface area (Å²) in [6.45, 7) is 3.97. The first-order chi connectivity index (χ1) is 18.5. The number of fused-ring (bicyclic) bond motifs is 3. The molecule has 9 nitrogen and oxygen atoms in total. The first-order valence-corrected chi connectivity index (χ1v) is 12.8. The fourth-order valence-corrected chi connectivity index (χ4v) is 4.88. The molecule has 39 heavy (non-hydrogen) atoms. The Kier molecular flexibility index (Phi) is 8.47. The smallest absolute Gasteiger partial charge is 0.305 e. The van der Waals surface area contributed by atoms with Crippen LogP contribution < -0.4 is 5.73 Å². The molecule has 0 spiro atoms. The van der Waals surface area contributed by atoms with Crippen LogP contribution >= 0.6 is 0 Å². The van der Waals surface area contributed by atoms with E-state index in [1.54, 1.807) is 24.4 Å². The number of carboxylic acids is 1. The van der Waals surface area contributed by atoms with E-state index in [-0.39, 0.29) is 24.0 Å². The van der Waals surface area contributed by atoms with Crippen LogP contribution in [0.4, 0.5) is 4.39 Å². The number of aliphatic hydroxyl groups excluding tert-OH is 2. The molecule has 0 aliphatic heterocycles. The maximum Gasteiger partial charge on any atom is 0.305 e. The molecule has 204 valence electrons. The topological polar surface area (TPSA) is 160 Å². The van der Waals surface area contributed by atoms with Crippen LogP contribution in [0.5, 0.6) is 0 Å². The number of aromatic nitrogens is 3. The zero-order chi connectivity index (χ0) is 28.3. The molecule has 3 aromatic rings. The molecule has 0 fully saturated rings. The number of benzene rings is 1. The number of nitrogens with zero attached hydrogens (tertiary/aromatic N) is 3. The number of aryl methyl sites for hydroxylation is 1. The number of carbonyl (C=O) groups is 2. The second-order valence-electron chi connectivity index (χ2n) is 9.96. The van der Waals surface area contributed by atoms with Crippen molar-refractivity contribution in [3.63, 3.8) is 0 Å². The summed E-state index contributed by atoms with van der Waals surface area (Å²) < 4.78 is 13.9. The van der Waals surface area contributed by atoms with Gasteiger partial charge in [-0.05, 0) is 54.0 Å². The van der Waals surface area contributed by atoms with E-state index in [1.807, 2.05) is 13.8 Å². The van der Waals surface area contributed by atoms with Crippen LogP contribution in [0.2, 0.25) is 0 Å². The monoisotopic (exact) mass is 534 g/mol. The molecule has 0 saturated heterocycles. The van der Waals surface area contributed by atoms with Crippen LogP contribution in [-0.2, 0) is 17.6 Å². The van der Waals surface area contributed by atoms with Gasteiger partial charge in [0.1, 0.15) is 5.82 Å². The molecule has 2 aromatic heterocycles. The molecular weight excluding hydrogens is 503 g/mol. The highest BCUT2D eigenvalue weighted by atomic mass is 19.1. The van der Waals surface area contributed by atoms with Crippen molar-refractivity contribution in [2.45, 2.75) is 64.1 Å². The lowest BCUT2D eigenvalue weighted by Crippen LogP contribution is -2.19. The van der Waals surface area contributed by atoms with Gasteiger partial charge in [-0.15, -0.1) is 0 Å². The van der Waals surface area contributed by atoms with Gasteiger partial charge in [0.05, 0.1) is 35.7 Å². The van der Waals surface area contributed by atoms with Gasteiger partial charge in [0.2, 0.25) is 5.82 Å². The van der Waals surface area contributed by atoms with Crippen molar-refractivity contribution in [2.24, 2.45) is 5.73 Å². The van der Waals surface area contributed by atoms with Crippen molar-refractivity contribution >= 4 is 18.0 Å². The van der Waals surface area contributed by atoms with Gasteiger partial charge >= 0.3 is 5.97 Å². The minimum Gasteiger partial charge on any atom is -0.481 e. The third-order valence-corrected chi connectivity index (χ3v) is 6.64. The molecule has 1 aliphatic rings. The lowest BCUT2D eigenvalue weighted by Gasteiger charge is -2.22. The molecule has 0 radical (unpaired) electrons. The number of aliphatic carboxylic acids is 1. The highest BCUT2D eigenvalue weighted by molar-refractivity contribution is 5.90. The average molecular weight is 535 g/mol. The van der Waals surface area contributed by atoms with E-state index in [0.717, 1.165) is 27.9 Å². The number of primary amides is 1. The summed E-state index contributed by atoms with van der Waals surface area (Å²) in [4.78, 5) is 36.2. The number of carbonyl (C=O) groups excluding carboxylic acids is 1. The molecule has 1 aliphatic carbocycles. The van der Waals surface area contributed by atoms with Gasteiger partial charge < -0.3 is 21.1 Å². The third kappa shape index (κ3) is 6.35. The maximum atomic E-state index is 13.9. The van der Waals surface area contributed by atoms with Crippen LogP contribution in [0.15, 0.2) is 36.5 Å². The molecule has 0 saturated carbocycles.